The van der Waals surface area contributed by atoms with E-state index in [1.54, 1.807) is 49.1 Å². The first-order chi connectivity index (χ1) is 7.84. The highest BCUT2D eigenvalue weighted by molar-refractivity contribution is 5.19. The van der Waals surface area contributed by atoms with Gasteiger partial charge in [-0.25, -0.2) is 0 Å². The average molecular weight is 216 g/mol. The summed E-state index contributed by atoms with van der Waals surface area (Å²) in [6, 6.07) is 7.14. The molecule has 0 amide bonds. The molecule has 0 fully saturated rings. The van der Waals surface area contributed by atoms with Crippen LogP contribution in [-0.4, -0.2) is 16.3 Å². The summed E-state index contributed by atoms with van der Waals surface area (Å²) in [6.07, 6.45) is 6.34. The first kappa shape index (κ1) is 10.4. The Labute approximate surface area is 93.9 Å². The minimum Gasteiger partial charge on any atom is -0.455 e. The third-order valence-electron chi connectivity index (χ3n) is 1.90. The van der Waals surface area contributed by atoms with Crippen molar-refractivity contribution in [2.75, 3.05) is 0 Å². The summed E-state index contributed by atoms with van der Waals surface area (Å²) in [6.45, 7) is 1.83. The molecule has 0 spiro atoms. The van der Waals surface area contributed by atoms with Gasteiger partial charge in [0.25, 0.3) is 0 Å². The maximum Gasteiger partial charge on any atom is 0.238 e. The van der Waals surface area contributed by atoms with Gasteiger partial charge in [-0.15, -0.1) is 0 Å². The van der Waals surface area contributed by atoms with E-state index in [9.17, 15) is 0 Å². The molecule has 2 aromatic heterocycles. The van der Waals surface area contributed by atoms with Gasteiger partial charge < -0.3 is 9.47 Å². The van der Waals surface area contributed by atoms with E-state index >= 15 is 0 Å². The molecule has 4 heteroatoms. The molecule has 0 radical (unpaired) electrons. The zero-order chi connectivity index (χ0) is 11.2. The minimum atomic E-state index is -0.357. The fourth-order valence-electron chi connectivity index (χ4n) is 1.24. The van der Waals surface area contributed by atoms with Crippen molar-refractivity contribution in [2.45, 2.75) is 13.2 Å². The normalized spacial score (nSPS) is 10.1. The summed E-state index contributed by atoms with van der Waals surface area (Å²) in [5.74, 6) is 1.47. The van der Waals surface area contributed by atoms with Crippen molar-refractivity contribution in [1.82, 2.24) is 9.97 Å². The Morgan fingerprint density at radius 3 is 1.56 bits per heavy atom. The van der Waals surface area contributed by atoms with Crippen LogP contribution in [0.2, 0.25) is 0 Å². The Bertz CT molecular complexity index is 378. The Morgan fingerprint density at radius 2 is 1.19 bits per heavy atom. The quantitative estimate of drug-likeness (QED) is 0.735. The lowest BCUT2D eigenvalue weighted by molar-refractivity contribution is 0.0222. The number of hydrogen-bond acceptors (Lipinski definition) is 4. The Kier molecular flexibility index (Phi) is 3.33. The molecule has 0 aliphatic heterocycles. The van der Waals surface area contributed by atoms with Crippen LogP contribution in [0.4, 0.5) is 0 Å². The van der Waals surface area contributed by atoms with Gasteiger partial charge in [-0.3, -0.25) is 9.97 Å². The van der Waals surface area contributed by atoms with E-state index in [4.69, 9.17) is 9.47 Å². The number of rotatable bonds is 4. The van der Waals surface area contributed by atoms with Gasteiger partial charge >= 0.3 is 0 Å². The minimum absolute atomic E-state index is 0.357. The average Bonchev–Trinajstić information content (AvgIpc) is 2.31. The third kappa shape index (κ3) is 2.95. The molecule has 0 bridgehead atoms. The van der Waals surface area contributed by atoms with Gasteiger partial charge in [0.15, 0.2) is 0 Å². The molecule has 2 aromatic rings. The van der Waals surface area contributed by atoms with E-state index in [0.29, 0.717) is 0 Å². The van der Waals surface area contributed by atoms with Crippen LogP contribution in [0.25, 0.3) is 0 Å². The van der Waals surface area contributed by atoms with E-state index < -0.39 is 0 Å². The second kappa shape index (κ2) is 5.11. The van der Waals surface area contributed by atoms with Crippen LogP contribution in [0.3, 0.4) is 0 Å². The predicted octanol–water partition coefficient (Wildman–Crippen LogP) is 2.28. The molecular weight excluding hydrogens is 204 g/mol. The fourth-order valence-corrected chi connectivity index (χ4v) is 1.24. The molecule has 0 unspecified atom stereocenters. The molecule has 82 valence electrons. The molecule has 0 aliphatic rings. The van der Waals surface area contributed by atoms with Crippen LogP contribution in [0.1, 0.15) is 6.92 Å². The molecule has 2 rings (SSSR count). The van der Waals surface area contributed by atoms with Crippen molar-refractivity contribution < 1.29 is 9.47 Å². The maximum absolute atomic E-state index is 5.54. The molecule has 0 atom stereocenters. The van der Waals surface area contributed by atoms with Crippen molar-refractivity contribution in [3.8, 4) is 11.5 Å². The van der Waals surface area contributed by atoms with Crippen molar-refractivity contribution in [1.29, 1.82) is 0 Å². The Balaban J connectivity index is 1.92. The van der Waals surface area contributed by atoms with Crippen molar-refractivity contribution >= 4 is 0 Å². The van der Waals surface area contributed by atoms with Gasteiger partial charge in [-0.05, 0) is 24.3 Å². The SMILES string of the molecule is CC(Oc1ccncc1)Oc1ccncc1. The number of aromatic nitrogens is 2. The molecular formula is C12H12N2O2. The number of hydrogen-bond donors (Lipinski definition) is 0. The summed E-state index contributed by atoms with van der Waals surface area (Å²) in [7, 11) is 0. The van der Waals surface area contributed by atoms with Crippen molar-refractivity contribution in [3.05, 3.63) is 49.1 Å². The van der Waals surface area contributed by atoms with Gasteiger partial charge in [-0.2, -0.15) is 0 Å². The van der Waals surface area contributed by atoms with E-state index in [1.807, 2.05) is 6.92 Å². The first-order valence-corrected chi connectivity index (χ1v) is 4.98. The standard InChI is InChI=1S/C12H12N2O2/c1-10(15-11-2-6-13-7-3-11)16-12-4-8-14-9-5-12/h2-10H,1H3. The van der Waals surface area contributed by atoms with Crippen LogP contribution in [-0.2, 0) is 0 Å². The van der Waals surface area contributed by atoms with Crippen LogP contribution in [0.5, 0.6) is 11.5 Å². The smallest absolute Gasteiger partial charge is 0.238 e. The summed E-state index contributed by atoms with van der Waals surface area (Å²) in [5.41, 5.74) is 0. The van der Waals surface area contributed by atoms with Crippen molar-refractivity contribution in [3.63, 3.8) is 0 Å². The zero-order valence-electron chi connectivity index (χ0n) is 8.91. The topological polar surface area (TPSA) is 44.2 Å². The Morgan fingerprint density at radius 1 is 0.812 bits per heavy atom. The van der Waals surface area contributed by atoms with E-state index in [-0.39, 0.29) is 6.29 Å². The third-order valence-corrected chi connectivity index (χ3v) is 1.90. The van der Waals surface area contributed by atoms with E-state index in [2.05, 4.69) is 9.97 Å². The highest BCUT2D eigenvalue weighted by atomic mass is 16.7. The van der Waals surface area contributed by atoms with Crippen molar-refractivity contribution in [2.24, 2.45) is 0 Å². The molecule has 0 aromatic carbocycles. The maximum atomic E-state index is 5.54. The lowest BCUT2D eigenvalue weighted by Gasteiger charge is -2.15. The van der Waals surface area contributed by atoms with Gasteiger partial charge in [-0.1, -0.05) is 0 Å². The summed E-state index contributed by atoms with van der Waals surface area (Å²) in [4.78, 5) is 7.82. The molecule has 0 aliphatic carbocycles. The predicted molar refractivity (Wildman–Crippen MR) is 59.2 cm³/mol. The highest BCUT2D eigenvalue weighted by Crippen LogP contribution is 2.13. The molecule has 4 nitrogen and oxygen atoms in total. The summed E-state index contributed by atoms with van der Waals surface area (Å²) >= 11 is 0. The molecule has 0 saturated carbocycles. The first-order valence-electron chi connectivity index (χ1n) is 4.98. The molecule has 0 saturated heterocycles. The van der Waals surface area contributed by atoms with Gasteiger partial charge in [0.2, 0.25) is 6.29 Å². The largest absolute Gasteiger partial charge is 0.455 e. The second-order valence-corrected chi connectivity index (χ2v) is 3.17. The number of pyridine rings is 2. The highest BCUT2D eigenvalue weighted by Gasteiger charge is 2.04. The van der Waals surface area contributed by atoms with Crippen LogP contribution >= 0.6 is 0 Å². The van der Waals surface area contributed by atoms with Crippen LogP contribution in [0, 0.1) is 0 Å². The van der Waals surface area contributed by atoms with Gasteiger partial charge in [0.05, 0.1) is 0 Å². The molecule has 16 heavy (non-hydrogen) atoms. The van der Waals surface area contributed by atoms with E-state index in [0.717, 1.165) is 11.5 Å². The number of ether oxygens (including phenoxy) is 2. The second-order valence-electron chi connectivity index (χ2n) is 3.17. The van der Waals surface area contributed by atoms with Crippen LogP contribution < -0.4 is 9.47 Å². The zero-order valence-corrected chi connectivity index (χ0v) is 8.91. The van der Waals surface area contributed by atoms with Crippen LogP contribution in [0.15, 0.2) is 49.1 Å². The summed E-state index contributed by atoms with van der Waals surface area (Å²) in [5, 5.41) is 0. The molecule has 0 N–H and O–H groups in total. The lowest BCUT2D eigenvalue weighted by Crippen LogP contribution is -2.19. The van der Waals surface area contributed by atoms with Gasteiger partial charge in [0.1, 0.15) is 11.5 Å². The molecule has 2 heterocycles. The summed E-state index contributed by atoms with van der Waals surface area (Å²) < 4.78 is 11.1. The van der Waals surface area contributed by atoms with E-state index in [1.165, 1.54) is 0 Å². The van der Waals surface area contributed by atoms with Gasteiger partial charge in [0, 0.05) is 31.7 Å². The fraction of sp³-hybridized carbons (Fsp3) is 0.167. The monoisotopic (exact) mass is 216 g/mol. The number of nitrogens with zero attached hydrogens (tertiary/aromatic N) is 2. The lowest BCUT2D eigenvalue weighted by atomic mass is 10.4. The Hall–Kier alpha value is -2.10.